The van der Waals surface area contributed by atoms with Crippen molar-refractivity contribution in [3.63, 3.8) is 0 Å². The van der Waals surface area contributed by atoms with E-state index in [-0.39, 0.29) is 5.91 Å². The maximum absolute atomic E-state index is 12.2. The Morgan fingerprint density at radius 2 is 1.95 bits per heavy atom. The molecule has 3 N–H and O–H groups in total. The number of anilines is 1. The Balaban J connectivity index is 1.54. The zero-order chi connectivity index (χ0) is 14.1. The van der Waals surface area contributed by atoms with Crippen LogP contribution < -0.4 is 11.1 Å². The summed E-state index contributed by atoms with van der Waals surface area (Å²) in [5.41, 5.74) is 8.19. The molecule has 1 saturated heterocycles. The molecular formula is C16H23N3O. The van der Waals surface area contributed by atoms with E-state index in [4.69, 9.17) is 5.73 Å². The lowest BCUT2D eigenvalue weighted by molar-refractivity contribution is 0.0909. The quantitative estimate of drug-likeness (QED) is 0.827. The molecule has 2 aliphatic rings. The van der Waals surface area contributed by atoms with Crippen LogP contribution in [0.1, 0.15) is 41.6 Å². The van der Waals surface area contributed by atoms with E-state index in [1.165, 1.54) is 12.8 Å². The van der Waals surface area contributed by atoms with Gasteiger partial charge in [-0.1, -0.05) is 0 Å². The molecular weight excluding hydrogens is 250 g/mol. The van der Waals surface area contributed by atoms with Gasteiger partial charge in [-0.15, -0.1) is 0 Å². The molecule has 4 nitrogen and oxygen atoms in total. The van der Waals surface area contributed by atoms with Gasteiger partial charge in [0.25, 0.3) is 5.91 Å². The molecule has 0 aromatic heterocycles. The van der Waals surface area contributed by atoms with Gasteiger partial charge in [0.05, 0.1) is 0 Å². The average molecular weight is 273 g/mol. The van der Waals surface area contributed by atoms with E-state index >= 15 is 0 Å². The average Bonchev–Trinajstić information content (AvgIpc) is 3.27. The SMILES string of the molecule is Cc1cc(C(=O)NC2CCN(C3CC3)CC2)ccc1N. The number of nitrogen functional groups attached to an aromatic ring is 1. The monoisotopic (exact) mass is 273 g/mol. The minimum atomic E-state index is 0.0259. The number of rotatable bonds is 3. The molecule has 1 heterocycles. The normalized spacial score (nSPS) is 20.9. The lowest BCUT2D eigenvalue weighted by Gasteiger charge is -2.32. The van der Waals surface area contributed by atoms with Gasteiger partial charge < -0.3 is 16.0 Å². The molecule has 1 aromatic carbocycles. The van der Waals surface area contributed by atoms with E-state index in [1.54, 1.807) is 12.1 Å². The molecule has 1 amide bonds. The van der Waals surface area contributed by atoms with E-state index in [0.29, 0.717) is 11.6 Å². The number of nitrogens with one attached hydrogen (secondary N) is 1. The Hall–Kier alpha value is -1.55. The number of likely N-dealkylation sites (tertiary alicyclic amines) is 1. The van der Waals surface area contributed by atoms with Crippen molar-refractivity contribution < 1.29 is 4.79 Å². The molecule has 4 heteroatoms. The minimum Gasteiger partial charge on any atom is -0.399 e. The largest absolute Gasteiger partial charge is 0.399 e. The molecule has 0 spiro atoms. The third-order valence-electron chi connectivity index (χ3n) is 4.46. The molecule has 0 radical (unpaired) electrons. The Bertz CT molecular complexity index is 502. The summed E-state index contributed by atoms with van der Waals surface area (Å²) in [6, 6.07) is 6.63. The van der Waals surface area contributed by atoms with Crippen molar-refractivity contribution in [3.05, 3.63) is 29.3 Å². The Morgan fingerprint density at radius 3 is 2.55 bits per heavy atom. The van der Waals surface area contributed by atoms with Crippen LogP contribution in [0.5, 0.6) is 0 Å². The molecule has 0 atom stereocenters. The van der Waals surface area contributed by atoms with E-state index < -0.39 is 0 Å². The fourth-order valence-electron chi connectivity index (χ4n) is 2.93. The summed E-state index contributed by atoms with van der Waals surface area (Å²) in [6.07, 6.45) is 4.86. The number of carbonyl (C=O) groups excluding carboxylic acids is 1. The highest BCUT2D eigenvalue weighted by molar-refractivity contribution is 5.95. The van der Waals surface area contributed by atoms with Crippen LogP contribution in [-0.2, 0) is 0 Å². The molecule has 2 fully saturated rings. The lowest BCUT2D eigenvalue weighted by Crippen LogP contribution is -2.45. The van der Waals surface area contributed by atoms with Crippen molar-refractivity contribution in [2.24, 2.45) is 0 Å². The third kappa shape index (κ3) is 2.96. The van der Waals surface area contributed by atoms with E-state index in [1.807, 2.05) is 13.0 Å². The maximum atomic E-state index is 12.2. The van der Waals surface area contributed by atoms with Gasteiger partial charge in [0.2, 0.25) is 0 Å². The van der Waals surface area contributed by atoms with Gasteiger partial charge in [0.1, 0.15) is 0 Å². The highest BCUT2D eigenvalue weighted by Crippen LogP contribution is 2.29. The van der Waals surface area contributed by atoms with Crippen LogP contribution in [0.25, 0.3) is 0 Å². The molecule has 0 unspecified atom stereocenters. The standard InChI is InChI=1S/C16H23N3O/c1-11-10-12(2-5-15(11)17)16(20)18-13-6-8-19(9-7-13)14-3-4-14/h2,5,10,13-14H,3-4,6-9,17H2,1H3,(H,18,20). The van der Waals surface area contributed by atoms with Crippen LogP contribution >= 0.6 is 0 Å². The first-order valence-corrected chi connectivity index (χ1v) is 7.54. The molecule has 1 aliphatic heterocycles. The molecule has 108 valence electrons. The second kappa shape index (κ2) is 5.44. The van der Waals surface area contributed by atoms with Gasteiger partial charge >= 0.3 is 0 Å². The van der Waals surface area contributed by atoms with Crippen LogP contribution in [0.4, 0.5) is 5.69 Å². The summed E-state index contributed by atoms with van der Waals surface area (Å²) in [7, 11) is 0. The van der Waals surface area contributed by atoms with Gasteiger partial charge in [-0.05, 0) is 56.4 Å². The zero-order valence-corrected chi connectivity index (χ0v) is 12.1. The van der Waals surface area contributed by atoms with Crippen LogP contribution in [0.15, 0.2) is 18.2 Å². The number of benzene rings is 1. The number of hydrogen-bond acceptors (Lipinski definition) is 3. The van der Waals surface area contributed by atoms with Crippen LogP contribution in [0.2, 0.25) is 0 Å². The van der Waals surface area contributed by atoms with Crippen molar-refractivity contribution in [2.45, 2.75) is 44.7 Å². The number of piperidine rings is 1. The summed E-state index contributed by atoms with van der Waals surface area (Å²) in [6.45, 7) is 4.17. The van der Waals surface area contributed by atoms with E-state index in [9.17, 15) is 4.79 Å². The fourth-order valence-corrected chi connectivity index (χ4v) is 2.93. The summed E-state index contributed by atoms with van der Waals surface area (Å²) < 4.78 is 0. The van der Waals surface area contributed by atoms with E-state index in [0.717, 1.165) is 43.2 Å². The summed E-state index contributed by atoms with van der Waals surface area (Å²) in [5, 5.41) is 3.16. The Kier molecular flexibility index (Phi) is 3.66. The predicted octanol–water partition coefficient (Wildman–Crippen LogP) is 1.93. The smallest absolute Gasteiger partial charge is 0.251 e. The highest BCUT2D eigenvalue weighted by Gasteiger charge is 2.32. The molecule has 1 aliphatic carbocycles. The Morgan fingerprint density at radius 1 is 1.25 bits per heavy atom. The molecule has 20 heavy (non-hydrogen) atoms. The Labute approximate surface area is 120 Å². The van der Waals surface area contributed by atoms with Gasteiger partial charge in [0.15, 0.2) is 0 Å². The van der Waals surface area contributed by atoms with Gasteiger partial charge in [0, 0.05) is 36.4 Å². The number of hydrogen-bond donors (Lipinski definition) is 2. The second-order valence-corrected chi connectivity index (χ2v) is 6.09. The van der Waals surface area contributed by atoms with Crippen LogP contribution in [0, 0.1) is 6.92 Å². The van der Waals surface area contributed by atoms with Gasteiger partial charge in [-0.2, -0.15) is 0 Å². The van der Waals surface area contributed by atoms with Crippen molar-refractivity contribution in [1.82, 2.24) is 10.2 Å². The van der Waals surface area contributed by atoms with Crippen LogP contribution in [-0.4, -0.2) is 36.0 Å². The summed E-state index contributed by atoms with van der Waals surface area (Å²) >= 11 is 0. The number of nitrogens with two attached hydrogens (primary N) is 1. The third-order valence-corrected chi connectivity index (χ3v) is 4.46. The van der Waals surface area contributed by atoms with Gasteiger partial charge in [-0.25, -0.2) is 0 Å². The van der Waals surface area contributed by atoms with Crippen molar-refractivity contribution in [1.29, 1.82) is 0 Å². The number of nitrogens with zero attached hydrogens (tertiary/aromatic N) is 1. The van der Waals surface area contributed by atoms with Crippen molar-refractivity contribution in [3.8, 4) is 0 Å². The predicted molar refractivity (Wildman–Crippen MR) is 80.7 cm³/mol. The minimum absolute atomic E-state index is 0.0259. The molecule has 0 bridgehead atoms. The maximum Gasteiger partial charge on any atom is 0.251 e. The van der Waals surface area contributed by atoms with Gasteiger partial charge in [-0.3, -0.25) is 4.79 Å². The van der Waals surface area contributed by atoms with Crippen molar-refractivity contribution >= 4 is 11.6 Å². The first-order chi connectivity index (χ1) is 9.63. The molecule has 3 rings (SSSR count). The fraction of sp³-hybridized carbons (Fsp3) is 0.562. The first kappa shape index (κ1) is 13.4. The number of aryl methyl sites for hydroxylation is 1. The zero-order valence-electron chi connectivity index (χ0n) is 12.1. The van der Waals surface area contributed by atoms with E-state index in [2.05, 4.69) is 10.2 Å². The van der Waals surface area contributed by atoms with Crippen LogP contribution in [0.3, 0.4) is 0 Å². The summed E-state index contributed by atoms with van der Waals surface area (Å²) in [5.74, 6) is 0.0259. The summed E-state index contributed by atoms with van der Waals surface area (Å²) in [4.78, 5) is 14.8. The highest BCUT2D eigenvalue weighted by atomic mass is 16.1. The first-order valence-electron chi connectivity index (χ1n) is 7.54. The molecule has 1 aromatic rings. The second-order valence-electron chi connectivity index (χ2n) is 6.09. The topological polar surface area (TPSA) is 58.4 Å². The number of amides is 1. The molecule has 1 saturated carbocycles. The lowest BCUT2D eigenvalue weighted by atomic mass is 10.0. The van der Waals surface area contributed by atoms with Crippen molar-refractivity contribution in [2.75, 3.05) is 18.8 Å². The number of carbonyl (C=O) groups is 1.